The molecule has 1 N–H and O–H groups in total. The molecule has 6 rings (SSSR count). The first kappa shape index (κ1) is 19.4. The Bertz CT molecular complexity index is 1590. The fourth-order valence-electron chi connectivity index (χ4n) is 4.04. The van der Waals surface area contributed by atoms with E-state index in [1.54, 1.807) is 47.9 Å². The quantitative estimate of drug-likeness (QED) is 0.430. The number of oxazole rings is 1. The maximum absolute atomic E-state index is 13.0. The number of para-hydroxylation sites is 1. The van der Waals surface area contributed by atoms with Gasteiger partial charge in [0.25, 0.3) is 11.5 Å². The summed E-state index contributed by atoms with van der Waals surface area (Å²) >= 11 is 0. The van der Waals surface area contributed by atoms with Crippen LogP contribution in [0.1, 0.15) is 40.8 Å². The predicted molar refractivity (Wildman–Crippen MR) is 126 cm³/mol. The van der Waals surface area contributed by atoms with Crippen LogP contribution in [0.3, 0.4) is 0 Å². The molecule has 1 aliphatic carbocycles. The van der Waals surface area contributed by atoms with Crippen molar-refractivity contribution in [3.05, 3.63) is 94.4 Å². The van der Waals surface area contributed by atoms with E-state index in [9.17, 15) is 9.59 Å². The van der Waals surface area contributed by atoms with Gasteiger partial charge in [0.15, 0.2) is 11.5 Å². The second-order valence-corrected chi connectivity index (χ2v) is 8.33. The van der Waals surface area contributed by atoms with Crippen LogP contribution in [0.25, 0.3) is 27.7 Å². The van der Waals surface area contributed by atoms with Crippen LogP contribution < -0.4 is 10.9 Å². The van der Waals surface area contributed by atoms with Gasteiger partial charge in [-0.15, -0.1) is 0 Å². The van der Waals surface area contributed by atoms with Crippen LogP contribution in [-0.2, 0) is 0 Å². The fourth-order valence-corrected chi connectivity index (χ4v) is 4.04. The summed E-state index contributed by atoms with van der Waals surface area (Å²) < 4.78 is 7.34. The van der Waals surface area contributed by atoms with Gasteiger partial charge in [0.05, 0.1) is 16.6 Å². The van der Waals surface area contributed by atoms with E-state index in [0.717, 1.165) is 29.8 Å². The van der Waals surface area contributed by atoms with E-state index in [-0.39, 0.29) is 11.5 Å². The summed E-state index contributed by atoms with van der Waals surface area (Å²) in [6.07, 6.45) is 2.24. The molecule has 7 nitrogen and oxygen atoms in total. The van der Waals surface area contributed by atoms with Crippen LogP contribution in [-0.4, -0.2) is 20.4 Å². The molecule has 0 atom stereocenters. The summed E-state index contributed by atoms with van der Waals surface area (Å²) in [6, 6.07) is 19.6. The highest BCUT2D eigenvalue weighted by Gasteiger charge is 2.28. The molecular weight excluding hydrogens is 416 g/mol. The number of hydrogen-bond acceptors (Lipinski definition) is 5. The second-order valence-electron chi connectivity index (χ2n) is 8.33. The van der Waals surface area contributed by atoms with Crippen molar-refractivity contribution in [2.45, 2.75) is 25.7 Å². The van der Waals surface area contributed by atoms with E-state index >= 15 is 0 Å². The molecule has 0 spiro atoms. The summed E-state index contributed by atoms with van der Waals surface area (Å²) in [5.74, 6) is 1.55. The number of carbonyl (C=O) groups excluding carboxylic acids is 1. The average molecular weight is 436 g/mol. The van der Waals surface area contributed by atoms with Gasteiger partial charge in [-0.05, 0) is 74.4 Å². The fraction of sp³-hybridized carbons (Fsp3) is 0.154. The van der Waals surface area contributed by atoms with Gasteiger partial charge in [-0.2, -0.15) is 0 Å². The van der Waals surface area contributed by atoms with Crippen LogP contribution in [0.15, 0.2) is 75.9 Å². The number of amides is 1. The molecule has 2 heterocycles. The van der Waals surface area contributed by atoms with Crippen LogP contribution in [0.4, 0.5) is 5.69 Å². The van der Waals surface area contributed by atoms with Crippen molar-refractivity contribution >= 4 is 33.6 Å². The van der Waals surface area contributed by atoms with E-state index in [2.05, 4.69) is 15.3 Å². The van der Waals surface area contributed by atoms with E-state index in [4.69, 9.17) is 4.42 Å². The van der Waals surface area contributed by atoms with E-state index in [1.165, 1.54) is 0 Å². The predicted octanol–water partition coefficient (Wildman–Crippen LogP) is 4.97. The molecule has 3 aromatic carbocycles. The van der Waals surface area contributed by atoms with Crippen molar-refractivity contribution in [3.8, 4) is 5.69 Å². The number of fused-ring (bicyclic) bond motifs is 2. The average Bonchev–Trinajstić information content (AvgIpc) is 3.59. The maximum Gasteiger partial charge on any atom is 0.265 e. The molecule has 1 saturated carbocycles. The van der Waals surface area contributed by atoms with Gasteiger partial charge < -0.3 is 9.73 Å². The van der Waals surface area contributed by atoms with Gasteiger partial charge in [0, 0.05) is 17.2 Å². The number of aromatic nitrogens is 3. The van der Waals surface area contributed by atoms with Crippen molar-refractivity contribution < 1.29 is 9.21 Å². The molecular formula is C26H20N4O3. The lowest BCUT2D eigenvalue weighted by molar-refractivity contribution is 0.102. The third-order valence-electron chi connectivity index (χ3n) is 5.92. The lowest BCUT2D eigenvalue weighted by atomic mass is 10.1. The summed E-state index contributed by atoms with van der Waals surface area (Å²) in [5.41, 5.74) is 3.79. The standard InChI is InChI=1S/C26H20N4O3/c1-15-27-21-5-3-2-4-20(21)26(32)30(15)19-11-8-16(9-12-19)24(31)28-18-10-13-23-22(14-18)29-25(33-23)17-6-7-17/h2-5,8-14,17H,6-7H2,1H3,(H,28,31). The van der Waals surface area contributed by atoms with Gasteiger partial charge in [0.2, 0.25) is 0 Å². The molecule has 2 aromatic heterocycles. The molecule has 7 heteroatoms. The van der Waals surface area contributed by atoms with E-state index < -0.39 is 0 Å². The lowest BCUT2D eigenvalue weighted by Gasteiger charge is -2.11. The van der Waals surface area contributed by atoms with Crippen molar-refractivity contribution in [1.82, 2.24) is 14.5 Å². The zero-order chi connectivity index (χ0) is 22.5. The topological polar surface area (TPSA) is 90.0 Å². The van der Waals surface area contributed by atoms with Gasteiger partial charge >= 0.3 is 0 Å². The third-order valence-corrected chi connectivity index (χ3v) is 5.92. The van der Waals surface area contributed by atoms with E-state index in [0.29, 0.717) is 39.6 Å². The van der Waals surface area contributed by atoms with Gasteiger partial charge in [-0.25, -0.2) is 9.97 Å². The minimum Gasteiger partial charge on any atom is -0.440 e. The molecule has 0 saturated heterocycles. The number of anilines is 1. The Morgan fingerprint density at radius 1 is 1.00 bits per heavy atom. The largest absolute Gasteiger partial charge is 0.440 e. The molecule has 5 aromatic rings. The van der Waals surface area contributed by atoms with Crippen LogP contribution in [0, 0.1) is 6.92 Å². The molecule has 0 bridgehead atoms. The van der Waals surface area contributed by atoms with E-state index in [1.807, 2.05) is 30.3 Å². The molecule has 1 fully saturated rings. The number of hydrogen-bond donors (Lipinski definition) is 1. The smallest absolute Gasteiger partial charge is 0.265 e. The number of nitrogens with zero attached hydrogens (tertiary/aromatic N) is 3. The second kappa shape index (κ2) is 7.41. The summed E-state index contributed by atoms with van der Waals surface area (Å²) in [7, 11) is 0. The molecule has 0 radical (unpaired) electrons. The minimum atomic E-state index is -0.243. The van der Waals surface area contributed by atoms with Crippen molar-refractivity contribution in [2.24, 2.45) is 0 Å². The monoisotopic (exact) mass is 436 g/mol. The number of rotatable bonds is 4. The molecule has 0 aliphatic heterocycles. The molecule has 162 valence electrons. The highest BCUT2D eigenvalue weighted by atomic mass is 16.3. The zero-order valence-electron chi connectivity index (χ0n) is 17.9. The van der Waals surface area contributed by atoms with Crippen molar-refractivity contribution in [1.29, 1.82) is 0 Å². The Kier molecular flexibility index (Phi) is 4.36. The SMILES string of the molecule is Cc1nc2ccccc2c(=O)n1-c1ccc(C(=O)Nc2ccc3oc(C4CC4)nc3c2)cc1. The number of carbonyl (C=O) groups is 1. The zero-order valence-corrected chi connectivity index (χ0v) is 17.9. The third kappa shape index (κ3) is 3.47. The normalized spacial score (nSPS) is 13.5. The Balaban J connectivity index is 1.26. The van der Waals surface area contributed by atoms with Gasteiger partial charge in [-0.3, -0.25) is 14.2 Å². The van der Waals surface area contributed by atoms with Crippen LogP contribution in [0.5, 0.6) is 0 Å². The van der Waals surface area contributed by atoms with Gasteiger partial charge in [-0.1, -0.05) is 12.1 Å². The Hall–Kier alpha value is -4.26. The Morgan fingerprint density at radius 3 is 2.58 bits per heavy atom. The minimum absolute atomic E-state index is 0.137. The summed E-state index contributed by atoms with van der Waals surface area (Å²) in [5, 5.41) is 3.46. The van der Waals surface area contributed by atoms with Crippen molar-refractivity contribution in [2.75, 3.05) is 5.32 Å². The van der Waals surface area contributed by atoms with Gasteiger partial charge in [0.1, 0.15) is 11.3 Å². The maximum atomic E-state index is 13.0. The number of benzene rings is 3. The highest BCUT2D eigenvalue weighted by molar-refractivity contribution is 6.05. The van der Waals surface area contributed by atoms with Crippen LogP contribution in [0.2, 0.25) is 0 Å². The molecule has 1 amide bonds. The Labute approximate surface area is 188 Å². The molecule has 33 heavy (non-hydrogen) atoms. The lowest BCUT2D eigenvalue weighted by Crippen LogP contribution is -2.22. The number of aryl methyl sites for hydroxylation is 1. The number of nitrogens with one attached hydrogen (secondary N) is 1. The van der Waals surface area contributed by atoms with Crippen molar-refractivity contribution in [3.63, 3.8) is 0 Å². The molecule has 0 unspecified atom stereocenters. The first-order chi connectivity index (χ1) is 16.1. The highest BCUT2D eigenvalue weighted by Crippen LogP contribution is 2.40. The molecule has 1 aliphatic rings. The summed E-state index contributed by atoms with van der Waals surface area (Å²) in [4.78, 5) is 34.9. The summed E-state index contributed by atoms with van der Waals surface area (Å²) in [6.45, 7) is 1.79. The first-order valence-corrected chi connectivity index (χ1v) is 10.9. The first-order valence-electron chi connectivity index (χ1n) is 10.9. The Morgan fingerprint density at radius 2 is 1.79 bits per heavy atom. The van der Waals surface area contributed by atoms with Crippen LogP contribution >= 0.6 is 0 Å².